The molecule has 1 heterocycles. The molecule has 5 heteroatoms. The molecule has 88 valence electrons. The maximum Gasteiger partial charge on any atom is 0.309 e. The third-order valence-electron chi connectivity index (χ3n) is 2.75. The van der Waals surface area contributed by atoms with Crippen molar-refractivity contribution in [3.05, 3.63) is 23.8 Å². The van der Waals surface area contributed by atoms with E-state index < -0.39 is 17.5 Å². The van der Waals surface area contributed by atoms with Gasteiger partial charge < -0.3 is 10.2 Å². The van der Waals surface area contributed by atoms with Gasteiger partial charge in [-0.3, -0.25) is 14.8 Å². The average Bonchev–Trinajstić information content (AvgIpc) is 2.17. The Morgan fingerprint density at radius 2 is 2.06 bits per heavy atom. The van der Waals surface area contributed by atoms with Gasteiger partial charge in [0.15, 0.2) is 0 Å². The fraction of sp³-hybridized carbons (Fsp3) is 0.545. The molecule has 1 rings (SSSR count). The second-order valence-corrected chi connectivity index (χ2v) is 3.94. The van der Waals surface area contributed by atoms with Crippen LogP contribution in [0.3, 0.4) is 0 Å². The van der Waals surface area contributed by atoms with E-state index >= 15 is 0 Å². The lowest BCUT2D eigenvalue weighted by Gasteiger charge is -2.29. The first kappa shape index (κ1) is 12.6. The number of carboxylic acid groups (broad SMARTS) is 1. The van der Waals surface area contributed by atoms with Crippen molar-refractivity contribution >= 4 is 5.97 Å². The lowest BCUT2D eigenvalue weighted by molar-refractivity contribution is -0.152. The third-order valence-corrected chi connectivity index (χ3v) is 2.75. The average molecular weight is 224 g/mol. The summed E-state index contributed by atoms with van der Waals surface area (Å²) < 4.78 is 0. The van der Waals surface area contributed by atoms with Crippen LogP contribution in [0.1, 0.15) is 31.7 Å². The van der Waals surface area contributed by atoms with Gasteiger partial charge in [-0.1, -0.05) is 6.92 Å². The van der Waals surface area contributed by atoms with Crippen LogP contribution < -0.4 is 0 Å². The highest BCUT2D eigenvalue weighted by Gasteiger charge is 2.40. The minimum Gasteiger partial charge on any atom is -0.481 e. The van der Waals surface area contributed by atoms with Gasteiger partial charge in [0.05, 0.1) is 17.3 Å². The monoisotopic (exact) mass is 224 g/mol. The molecule has 1 aromatic heterocycles. The minimum absolute atomic E-state index is 0.323. The molecule has 16 heavy (non-hydrogen) atoms. The molecule has 0 aliphatic rings. The highest BCUT2D eigenvalue weighted by molar-refractivity contribution is 5.71. The van der Waals surface area contributed by atoms with Crippen molar-refractivity contribution in [3.8, 4) is 0 Å². The summed E-state index contributed by atoms with van der Waals surface area (Å²) in [7, 11) is 0. The zero-order chi connectivity index (χ0) is 12.3. The van der Waals surface area contributed by atoms with E-state index in [0.29, 0.717) is 17.8 Å². The van der Waals surface area contributed by atoms with Gasteiger partial charge in [-0.15, -0.1) is 0 Å². The summed E-state index contributed by atoms with van der Waals surface area (Å²) >= 11 is 0. The van der Waals surface area contributed by atoms with Crippen LogP contribution in [0.4, 0.5) is 0 Å². The van der Waals surface area contributed by atoms with E-state index in [1.54, 1.807) is 13.8 Å². The van der Waals surface area contributed by atoms with Crippen molar-refractivity contribution in [1.29, 1.82) is 0 Å². The Morgan fingerprint density at radius 1 is 1.50 bits per heavy atom. The number of hydrogen-bond acceptors (Lipinski definition) is 4. The Balaban J connectivity index is 3.19. The van der Waals surface area contributed by atoms with Crippen LogP contribution in [-0.4, -0.2) is 26.2 Å². The fourth-order valence-electron chi connectivity index (χ4n) is 1.88. The maximum absolute atomic E-state index is 11.1. The van der Waals surface area contributed by atoms with Crippen molar-refractivity contribution in [1.82, 2.24) is 9.97 Å². The van der Waals surface area contributed by atoms with E-state index in [-0.39, 0.29) is 0 Å². The van der Waals surface area contributed by atoms with Gasteiger partial charge in [0.25, 0.3) is 0 Å². The molecule has 0 saturated carbocycles. The van der Waals surface area contributed by atoms with Gasteiger partial charge in [0.1, 0.15) is 5.60 Å². The van der Waals surface area contributed by atoms with Crippen molar-refractivity contribution in [3.63, 3.8) is 0 Å². The quantitative estimate of drug-likeness (QED) is 0.800. The third kappa shape index (κ3) is 2.19. The number of aromatic nitrogens is 2. The summed E-state index contributed by atoms with van der Waals surface area (Å²) in [6.45, 7) is 4.89. The first-order valence-corrected chi connectivity index (χ1v) is 5.14. The molecular weight excluding hydrogens is 208 g/mol. The smallest absolute Gasteiger partial charge is 0.309 e. The SMILES string of the molecule is CCC(C(=O)O)C(C)(O)c1nccnc1C. The summed E-state index contributed by atoms with van der Waals surface area (Å²) in [4.78, 5) is 19.1. The van der Waals surface area contributed by atoms with Gasteiger partial charge in [-0.05, 0) is 20.3 Å². The molecule has 5 nitrogen and oxygen atoms in total. The number of rotatable bonds is 4. The molecule has 0 saturated heterocycles. The Hall–Kier alpha value is -1.49. The molecule has 0 fully saturated rings. The predicted molar refractivity (Wildman–Crippen MR) is 57.8 cm³/mol. The Morgan fingerprint density at radius 3 is 2.50 bits per heavy atom. The molecule has 2 unspecified atom stereocenters. The summed E-state index contributed by atoms with van der Waals surface area (Å²) in [6, 6.07) is 0. The molecule has 0 aliphatic carbocycles. The molecule has 0 radical (unpaired) electrons. The van der Waals surface area contributed by atoms with Gasteiger partial charge in [-0.25, -0.2) is 0 Å². The van der Waals surface area contributed by atoms with Crippen LogP contribution in [-0.2, 0) is 10.4 Å². The number of carbonyl (C=O) groups is 1. The number of aryl methyl sites for hydroxylation is 1. The molecule has 0 amide bonds. The van der Waals surface area contributed by atoms with E-state index in [2.05, 4.69) is 9.97 Å². The standard InChI is InChI=1S/C11H16N2O3/c1-4-8(10(14)15)11(3,16)9-7(2)12-5-6-13-9/h5-6,8,16H,4H2,1-3H3,(H,14,15). The van der Waals surface area contributed by atoms with E-state index in [9.17, 15) is 9.90 Å². The Bertz CT molecular complexity index is 391. The van der Waals surface area contributed by atoms with Crippen LogP contribution in [0.5, 0.6) is 0 Å². The summed E-state index contributed by atoms with van der Waals surface area (Å²) in [5.41, 5.74) is -0.629. The van der Waals surface area contributed by atoms with Crippen molar-refractivity contribution < 1.29 is 15.0 Å². The highest BCUT2D eigenvalue weighted by Crippen LogP contribution is 2.31. The first-order chi connectivity index (χ1) is 7.41. The van der Waals surface area contributed by atoms with Gasteiger partial charge in [0, 0.05) is 12.4 Å². The van der Waals surface area contributed by atoms with Gasteiger partial charge in [-0.2, -0.15) is 0 Å². The zero-order valence-electron chi connectivity index (χ0n) is 9.64. The normalized spacial score (nSPS) is 16.5. The molecule has 2 N–H and O–H groups in total. The topological polar surface area (TPSA) is 83.3 Å². The summed E-state index contributed by atoms with van der Waals surface area (Å²) in [5, 5.41) is 19.4. The van der Waals surface area contributed by atoms with E-state index in [4.69, 9.17) is 5.11 Å². The fourth-order valence-corrected chi connectivity index (χ4v) is 1.88. The van der Waals surface area contributed by atoms with Crippen LogP contribution in [0.2, 0.25) is 0 Å². The molecule has 1 aromatic rings. The van der Waals surface area contributed by atoms with Crippen LogP contribution in [0, 0.1) is 12.8 Å². The number of carboxylic acids is 1. The van der Waals surface area contributed by atoms with Gasteiger partial charge in [0.2, 0.25) is 0 Å². The number of aliphatic carboxylic acids is 1. The predicted octanol–water partition coefficient (Wildman–Crippen LogP) is 1.10. The number of hydrogen-bond donors (Lipinski definition) is 2. The molecule has 0 bridgehead atoms. The van der Waals surface area contributed by atoms with Crippen molar-refractivity contribution in [2.75, 3.05) is 0 Å². The second kappa shape index (κ2) is 4.57. The zero-order valence-corrected chi connectivity index (χ0v) is 9.64. The molecule has 0 aromatic carbocycles. The summed E-state index contributed by atoms with van der Waals surface area (Å²) in [5.74, 6) is -1.92. The van der Waals surface area contributed by atoms with Gasteiger partial charge >= 0.3 is 5.97 Å². The van der Waals surface area contributed by atoms with Crippen LogP contribution in [0.15, 0.2) is 12.4 Å². The largest absolute Gasteiger partial charge is 0.481 e. The number of nitrogens with zero attached hydrogens (tertiary/aromatic N) is 2. The highest BCUT2D eigenvalue weighted by atomic mass is 16.4. The van der Waals surface area contributed by atoms with Crippen molar-refractivity contribution in [2.24, 2.45) is 5.92 Å². The van der Waals surface area contributed by atoms with E-state index in [1.807, 2.05) is 0 Å². The Labute approximate surface area is 94.2 Å². The van der Waals surface area contributed by atoms with Crippen molar-refractivity contribution in [2.45, 2.75) is 32.8 Å². The molecular formula is C11H16N2O3. The van der Waals surface area contributed by atoms with Crippen LogP contribution >= 0.6 is 0 Å². The Kier molecular flexibility index (Phi) is 3.59. The lowest BCUT2D eigenvalue weighted by atomic mass is 9.83. The molecule has 0 spiro atoms. The molecule has 2 atom stereocenters. The minimum atomic E-state index is -1.50. The molecule has 0 aliphatic heterocycles. The first-order valence-electron chi connectivity index (χ1n) is 5.14. The lowest BCUT2D eigenvalue weighted by Crippen LogP contribution is -2.38. The van der Waals surface area contributed by atoms with Crippen LogP contribution in [0.25, 0.3) is 0 Å². The second-order valence-electron chi connectivity index (χ2n) is 3.94. The van der Waals surface area contributed by atoms with E-state index in [1.165, 1.54) is 19.3 Å². The maximum atomic E-state index is 11.1. The van der Waals surface area contributed by atoms with E-state index in [0.717, 1.165) is 0 Å². The summed E-state index contributed by atoms with van der Waals surface area (Å²) in [6.07, 6.45) is 3.29. The number of aliphatic hydroxyl groups is 1.